The van der Waals surface area contributed by atoms with Gasteiger partial charge >= 0.3 is 0 Å². The predicted octanol–water partition coefficient (Wildman–Crippen LogP) is 4.96. The molecule has 1 N–H and O–H groups in total. The molecule has 10 heteroatoms. The second-order valence-electron chi connectivity index (χ2n) is 5.94. The standard InChI is InChI=1S/C18H13BrClFN4O3/c1-10-7-11(5-6-16(10)25(27)28)18(26)22-17-13(19)9-24(23-17)8-12-14(20)3-2-4-15(12)21/h2-7,9H,8H2,1H3,(H,22,23,26). The molecule has 3 rings (SSSR count). The summed E-state index contributed by atoms with van der Waals surface area (Å²) in [6.45, 7) is 1.63. The van der Waals surface area contributed by atoms with Gasteiger partial charge in [0.2, 0.25) is 0 Å². The van der Waals surface area contributed by atoms with Gasteiger partial charge in [0.05, 0.1) is 15.9 Å². The van der Waals surface area contributed by atoms with Crippen molar-refractivity contribution in [2.75, 3.05) is 5.32 Å². The average Bonchev–Trinajstić information content (AvgIpc) is 2.97. The Hall–Kier alpha value is -2.78. The van der Waals surface area contributed by atoms with Gasteiger partial charge in [-0.15, -0.1) is 0 Å². The first-order chi connectivity index (χ1) is 13.3. The second kappa shape index (κ2) is 8.07. The Morgan fingerprint density at radius 1 is 1.39 bits per heavy atom. The lowest BCUT2D eigenvalue weighted by molar-refractivity contribution is -0.385. The number of aromatic nitrogens is 2. The molecular formula is C18H13BrClFN4O3. The van der Waals surface area contributed by atoms with Crippen molar-refractivity contribution in [2.45, 2.75) is 13.5 Å². The molecule has 0 fully saturated rings. The minimum Gasteiger partial charge on any atom is -0.304 e. The molecule has 0 aliphatic heterocycles. The number of halogens is 3. The Labute approximate surface area is 172 Å². The monoisotopic (exact) mass is 466 g/mol. The van der Waals surface area contributed by atoms with Crippen molar-refractivity contribution in [3.8, 4) is 0 Å². The van der Waals surface area contributed by atoms with Crippen LogP contribution in [-0.2, 0) is 6.54 Å². The highest BCUT2D eigenvalue weighted by atomic mass is 79.9. The molecule has 0 bridgehead atoms. The molecule has 2 aromatic carbocycles. The zero-order valence-corrected chi connectivity index (χ0v) is 16.8. The minimum absolute atomic E-state index is 0.0659. The van der Waals surface area contributed by atoms with E-state index in [4.69, 9.17) is 11.6 Å². The van der Waals surface area contributed by atoms with E-state index in [-0.39, 0.29) is 34.2 Å². The Balaban J connectivity index is 1.79. The number of benzene rings is 2. The molecule has 28 heavy (non-hydrogen) atoms. The molecule has 1 heterocycles. The molecule has 0 saturated carbocycles. The smallest absolute Gasteiger partial charge is 0.272 e. The van der Waals surface area contributed by atoms with Crippen LogP contribution in [0.2, 0.25) is 5.02 Å². The number of rotatable bonds is 5. The van der Waals surface area contributed by atoms with Gasteiger partial charge in [0.15, 0.2) is 5.82 Å². The average molecular weight is 468 g/mol. The third-order valence-electron chi connectivity index (χ3n) is 3.99. The molecular weight excluding hydrogens is 455 g/mol. The number of amides is 1. The summed E-state index contributed by atoms with van der Waals surface area (Å²) in [6.07, 6.45) is 1.58. The van der Waals surface area contributed by atoms with Crippen LogP contribution in [0.25, 0.3) is 0 Å². The number of anilines is 1. The number of hydrogen-bond acceptors (Lipinski definition) is 4. The number of nitro groups is 1. The van der Waals surface area contributed by atoms with E-state index in [0.29, 0.717) is 10.0 Å². The molecule has 0 saturated heterocycles. The van der Waals surface area contributed by atoms with Crippen molar-refractivity contribution in [1.82, 2.24) is 9.78 Å². The van der Waals surface area contributed by atoms with Gasteiger partial charge in [0.25, 0.3) is 11.6 Å². The first-order valence-corrected chi connectivity index (χ1v) is 9.15. The number of carbonyl (C=O) groups excluding carboxylic acids is 1. The van der Waals surface area contributed by atoms with Gasteiger partial charge in [-0.3, -0.25) is 19.6 Å². The molecule has 7 nitrogen and oxygen atoms in total. The van der Waals surface area contributed by atoms with Crippen LogP contribution in [0.4, 0.5) is 15.9 Å². The number of nitrogens with one attached hydrogen (secondary N) is 1. The lowest BCUT2D eigenvalue weighted by atomic mass is 10.1. The van der Waals surface area contributed by atoms with Gasteiger partial charge in [0, 0.05) is 34.0 Å². The predicted molar refractivity (Wildman–Crippen MR) is 106 cm³/mol. The van der Waals surface area contributed by atoms with E-state index in [1.54, 1.807) is 19.2 Å². The highest BCUT2D eigenvalue weighted by Gasteiger charge is 2.17. The normalized spacial score (nSPS) is 10.7. The van der Waals surface area contributed by atoms with E-state index >= 15 is 0 Å². The van der Waals surface area contributed by atoms with Gasteiger partial charge in [-0.05, 0) is 47.1 Å². The summed E-state index contributed by atoms with van der Waals surface area (Å²) in [5, 5.41) is 18.0. The van der Waals surface area contributed by atoms with Crippen LogP contribution in [0.15, 0.2) is 47.1 Å². The topological polar surface area (TPSA) is 90.1 Å². The fourth-order valence-electron chi connectivity index (χ4n) is 2.59. The van der Waals surface area contributed by atoms with Crippen molar-refractivity contribution < 1.29 is 14.1 Å². The molecule has 0 atom stereocenters. The van der Waals surface area contributed by atoms with E-state index < -0.39 is 16.6 Å². The van der Waals surface area contributed by atoms with Gasteiger partial charge in [-0.1, -0.05) is 17.7 Å². The second-order valence-corrected chi connectivity index (χ2v) is 7.20. The highest BCUT2D eigenvalue weighted by Crippen LogP contribution is 2.25. The zero-order chi connectivity index (χ0) is 20.4. The molecule has 3 aromatic rings. The quantitative estimate of drug-likeness (QED) is 0.424. The van der Waals surface area contributed by atoms with Crippen molar-refractivity contribution in [2.24, 2.45) is 0 Å². The maximum Gasteiger partial charge on any atom is 0.272 e. The molecule has 1 amide bonds. The third kappa shape index (κ3) is 4.20. The Kier molecular flexibility index (Phi) is 5.76. The van der Waals surface area contributed by atoms with Crippen LogP contribution in [0.5, 0.6) is 0 Å². The number of nitrogens with zero attached hydrogens (tertiary/aromatic N) is 3. The van der Waals surface area contributed by atoms with E-state index in [1.165, 1.54) is 35.0 Å². The van der Waals surface area contributed by atoms with E-state index in [2.05, 4.69) is 26.3 Å². The summed E-state index contributed by atoms with van der Waals surface area (Å²) in [5.41, 5.74) is 0.838. The summed E-state index contributed by atoms with van der Waals surface area (Å²) >= 11 is 9.33. The number of aryl methyl sites for hydroxylation is 1. The first-order valence-electron chi connectivity index (χ1n) is 7.98. The van der Waals surface area contributed by atoms with Crippen molar-refractivity contribution in [1.29, 1.82) is 0 Å². The summed E-state index contributed by atoms with van der Waals surface area (Å²) in [5.74, 6) is -0.701. The van der Waals surface area contributed by atoms with Crippen LogP contribution in [0.1, 0.15) is 21.5 Å². The molecule has 0 spiro atoms. The van der Waals surface area contributed by atoms with Crippen LogP contribution in [0, 0.1) is 22.9 Å². The Morgan fingerprint density at radius 3 is 2.79 bits per heavy atom. The molecule has 0 radical (unpaired) electrons. The number of carbonyl (C=O) groups is 1. The van der Waals surface area contributed by atoms with E-state index in [9.17, 15) is 19.3 Å². The fourth-order valence-corrected chi connectivity index (χ4v) is 3.23. The Morgan fingerprint density at radius 2 is 2.14 bits per heavy atom. The SMILES string of the molecule is Cc1cc(C(=O)Nc2nn(Cc3c(F)cccc3Cl)cc2Br)ccc1[N+](=O)[O-]. The zero-order valence-electron chi connectivity index (χ0n) is 14.4. The first kappa shape index (κ1) is 20.0. The van der Waals surface area contributed by atoms with Gasteiger partial charge in [-0.25, -0.2) is 4.39 Å². The van der Waals surface area contributed by atoms with Crippen LogP contribution in [0.3, 0.4) is 0 Å². The van der Waals surface area contributed by atoms with Gasteiger partial charge in [-0.2, -0.15) is 5.10 Å². The summed E-state index contributed by atoms with van der Waals surface area (Å²) in [6, 6.07) is 8.47. The number of nitro benzene ring substituents is 1. The molecule has 144 valence electrons. The van der Waals surface area contributed by atoms with E-state index in [0.717, 1.165) is 0 Å². The lowest BCUT2D eigenvalue weighted by Gasteiger charge is -2.06. The number of hydrogen-bond donors (Lipinski definition) is 1. The van der Waals surface area contributed by atoms with Crippen molar-refractivity contribution >= 4 is 44.9 Å². The third-order valence-corrected chi connectivity index (χ3v) is 4.92. The summed E-state index contributed by atoms with van der Waals surface area (Å²) < 4.78 is 15.9. The Bertz CT molecular complexity index is 1070. The fraction of sp³-hybridized carbons (Fsp3) is 0.111. The van der Waals surface area contributed by atoms with Crippen molar-refractivity contribution in [3.63, 3.8) is 0 Å². The van der Waals surface area contributed by atoms with Crippen molar-refractivity contribution in [3.05, 3.63) is 84.7 Å². The molecule has 0 aliphatic rings. The lowest BCUT2D eigenvalue weighted by Crippen LogP contribution is -2.13. The van der Waals surface area contributed by atoms with Gasteiger partial charge < -0.3 is 5.32 Å². The van der Waals surface area contributed by atoms with Gasteiger partial charge in [0.1, 0.15) is 5.82 Å². The molecule has 1 aromatic heterocycles. The van der Waals surface area contributed by atoms with E-state index in [1.807, 2.05) is 0 Å². The van der Waals surface area contributed by atoms with Crippen LogP contribution < -0.4 is 5.32 Å². The largest absolute Gasteiger partial charge is 0.304 e. The van der Waals surface area contributed by atoms with Crippen LogP contribution >= 0.6 is 27.5 Å². The maximum atomic E-state index is 13.9. The minimum atomic E-state index is -0.511. The van der Waals surface area contributed by atoms with Crippen LogP contribution in [-0.4, -0.2) is 20.6 Å². The highest BCUT2D eigenvalue weighted by molar-refractivity contribution is 9.10. The molecule has 0 aliphatic carbocycles. The summed E-state index contributed by atoms with van der Waals surface area (Å²) in [4.78, 5) is 22.8. The summed E-state index contributed by atoms with van der Waals surface area (Å²) in [7, 11) is 0. The maximum absolute atomic E-state index is 13.9. The molecule has 0 unspecified atom stereocenters.